The molecule has 0 saturated carbocycles. The van der Waals surface area contributed by atoms with Gasteiger partial charge in [0.25, 0.3) is 5.91 Å². The number of carbonyl (C=O) groups excluding carboxylic acids is 3. The van der Waals surface area contributed by atoms with Crippen LogP contribution >= 0.6 is 0 Å². The number of nitrogens with one attached hydrogen (secondary N) is 2. The summed E-state index contributed by atoms with van der Waals surface area (Å²) in [5.41, 5.74) is 6.59. The second-order valence-corrected chi connectivity index (χ2v) is 12.4. The lowest BCUT2D eigenvalue weighted by Crippen LogP contribution is -2.56. The van der Waals surface area contributed by atoms with Gasteiger partial charge in [-0.25, -0.2) is 4.98 Å². The van der Waals surface area contributed by atoms with Gasteiger partial charge in [0.1, 0.15) is 12.1 Å². The Bertz CT molecular complexity index is 1620. The van der Waals surface area contributed by atoms with Gasteiger partial charge in [-0.2, -0.15) is 0 Å². The molecule has 2 heterocycles. The number of imidazole rings is 1. The maximum Gasteiger partial charge on any atom is 0.250 e. The summed E-state index contributed by atoms with van der Waals surface area (Å²) in [7, 11) is 0. The first-order chi connectivity index (χ1) is 21.6. The van der Waals surface area contributed by atoms with Gasteiger partial charge in [-0.1, -0.05) is 79.7 Å². The van der Waals surface area contributed by atoms with Gasteiger partial charge in [0.2, 0.25) is 11.8 Å². The minimum absolute atomic E-state index is 0.0156. The minimum Gasteiger partial charge on any atom is -0.374 e. The average molecular weight is 611 g/mol. The summed E-state index contributed by atoms with van der Waals surface area (Å²) in [4.78, 5) is 46.7. The number of hydrogen-bond acceptors (Lipinski definition) is 6. The monoisotopic (exact) mass is 610 g/mol. The lowest BCUT2D eigenvalue weighted by Gasteiger charge is -2.33. The van der Waals surface area contributed by atoms with Crippen LogP contribution in [0.1, 0.15) is 50.8 Å². The van der Waals surface area contributed by atoms with Crippen molar-refractivity contribution >= 4 is 34.3 Å². The van der Waals surface area contributed by atoms with E-state index >= 15 is 0 Å². The molecule has 3 amide bonds. The fourth-order valence-electron chi connectivity index (χ4n) is 5.46. The second-order valence-electron chi connectivity index (χ2n) is 12.4. The van der Waals surface area contributed by atoms with Crippen molar-refractivity contribution in [1.82, 2.24) is 19.8 Å². The Morgan fingerprint density at radius 1 is 1.00 bits per heavy atom. The molecule has 45 heavy (non-hydrogen) atoms. The molecule has 2 atom stereocenters. The molecule has 0 radical (unpaired) electrons. The highest BCUT2D eigenvalue weighted by molar-refractivity contribution is 5.98. The number of piperidine rings is 1. The number of carbonyl (C=O) groups is 3. The summed E-state index contributed by atoms with van der Waals surface area (Å²) in [5.74, 6) is -0.189. The summed E-state index contributed by atoms with van der Waals surface area (Å²) in [5, 5.41) is 7.52. The van der Waals surface area contributed by atoms with Crippen molar-refractivity contribution in [2.24, 2.45) is 11.7 Å². The highest BCUT2D eigenvalue weighted by atomic mass is 16.5. The minimum atomic E-state index is -1.20. The zero-order valence-electron chi connectivity index (χ0n) is 26.1. The largest absolute Gasteiger partial charge is 0.374 e. The van der Waals surface area contributed by atoms with Gasteiger partial charge < -0.3 is 30.6 Å². The number of anilines is 1. The number of likely N-dealkylation sites (tertiary alicyclic amines) is 1. The van der Waals surface area contributed by atoms with Crippen LogP contribution in [0.3, 0.4) is 0 Å². The van der Waals surface area contributed by atoms with E-state index in [1.54, 1.807) is 30.9 Å². The predicted molar refractivity (Wildman–Crippen MR) is 174 cm³/mol. The molecule has 1 saturated heterocycles. The Morgan fingerprint density at radius 2 is 1.69 bits per heavy atom. The van der Waals surface area contributed by atoms with Gasteiger partial charge in [-0.15, -0.1) is 0 Å². The third-order valence-corrected chi connectivity index (χ3v) is 8.20. The van der Waals surface area contributed by atoms with Crippen LogP contribution in [0.2, 0.25) is 0 Å². The van der Waals surface area contributed by atoms with E-state index < -0.39 is 29.4 Å². The van der Waals surface area contributed by atoms with Crippen molar-refractivity contribution in [1.29, 1.82) is 0 Å². The SMILES string of the molecule is CC1CCN(C(=O)C(c2cccc3ccccc23)n2cnc(NC(=O)C(COCc3ccccc3)NC(=O)C(C)(C)N)c2)CC1. The number of ether oxygens (including phenoxy) is 1. The molecule has 0 spiro atoms. The Labute approximate surface area is 263 Å². The smallest absolute Gasteiger partial charge is 0.250 e. The van der Waals surface area contributed by atoms with Crippen LogP contribution in [0, 0.1) is 5.92 Å². The number of nitrogens with zero attached hydrogens (tertiary/aromatic N) is 3. The van der Waals surface area contributed by atoms with Gasteiger partial charge in [0.15, 0.2) is 5.82 Å². The Hall–Kier alpha value is -4.54. The zero-order chi connectivity index (χ0) is 32.0. The summed E-state index contributed by atoms with van der Waals surface area (Å²) in [6.45, 7) is 6.93. The quantitative estimate of drug-likeness (QED) is 0.233. The van der Waals surface area contributed by atoms with Crippen LogP contribution in [0.15, 0.2) is 85.3 Å². The number of rotatable bonds is 11. The molecule has 10 heteroatoms. The molecule has 10 nitrogen and oxygen atoms in total. The van der Waals surface area contributed by atoms with Crippen molar-refractivity contribution in [3.63, 3.8) is 0 Å². The first kappa shape index (κ1) is 31.9. The first-order valence-corrected chi connectivity index (χ1v) is 15.4. The van der Waals surface area contributed by atoms with E-state index in [1.165, 1.54) is 0 Å². The number of hydrogen-bond donors (Lipinski definition) is 3. The maximum absolute atomic E-state index is 14.2. The molecule has 0 aliphatic carbocycles. The molecular formula is C35H42N6O4. The van der Waals surface area contributed by atoms with Gasteiger partial charge >= 0.3 is 0 Å². The van der Waals surface area contributed by atoms with Crippen LogP contribution in [0.4, 0.5) is 5.82 Å². The molecule has 1 aromatic heterocycles. The third-order valence-electron chi connectivity index (χ3n) is 8.20. The van der Waals surface area contributed by atoms with Gasteiger partial charge in [0.05, 0.1) is 25.1 Å². The lowest BCUT2D eigenvalue weighted by atomic mass is 9.95. The summed E-state index contributed by atoms with van der Waals surface area (Å²) >= 11 is 0. The normalized spacial score (nSPS) is 15.4. The summed E-state index contributed by atoms with van der Waals surface area (Å²) in [6.07, 6.45) is 5.14. The molecule has 0 bridgehead atoms. The highest BCUT2D eigenvalue weighted by Gasteiger charge is 2.32. The van der Waals surface area contributed by atoms with E-state index in [0.29, 0.717) is 19.0 Å². The van der Waals surface area contributed by atoms with Gasteiger partial charge in [0, 0.05) is 19.3 Å². The average Bonchev–Trinajstić information content (AvgIpc) is 3.48. The van der Waals surface area contributed by atoms with Gasteiger partial charge in [-0.3, -0.25) is 14.4 Å². The van der Waals surface area contributed by atoms with Crippen LogP contribution < -0.4 is 16.4 Å². The molecular weight excluding hydrogens is 568 g/mol. The highest BCUT2D eigenvalue weighted by Crippen LogP contribution is 2.31. The second kappa shape index (κ2) is 14.0. The number of benzene rings is 3. The van der Waals surface area contributed by atoms with E-state index in [0.717, 1.165) is 34.7 Å². The molecule has 4 aromatic rings. The number of nitrogens with two attached hydrogens (primary N) is 1. The lowest BCUT2D eigenvalue weighted by molar-refractivity contribution is -0.134. The van der Waals surface area contributed by atoms with Crippen LogP contribution in [0.25, 0.3) is 10.8 Å². The predicted octanol–water partition coefficient (Wildman–Crippen LogP) is 4.26. The molecule has 3 aromatic carbocycles. The van der Waals surface area contributed by atoms with Crippen molar-refractivity contribution in [2.45, 2.75) is 57.8 Å². The molecule has 236 valence electrons. The number of amides is 3. The standard InChI is InChI=1S/C35H42N6O4/c1-24-16-18-40(19-17-24)33(43)31(28-15-9-13-26-12-7-8-14-27(26)28)41-20-30(37-23-41)39-32(42)29(38-34(44)35(2,3)36)22-45-21-25-10-5-4-6-11-25/h4-15,20,23-24,29,31H,16-19,21-22,36H2,1-3H3,(H,38,44)(H,39,42). The molecule has 1 fully saturated rings. The van der Waals surface area contributed by atoms with Crippen LogP contribution in [-0.2, 0) is 25.7 Å². The van der Waals surface area contributed by atoms with Crippen molar-refractivity contribution in [2.75, 3.05) is 25.0 Å². The third kappa shape index (κ3) is 7.95. The van der Waals surface area contributed by atoms with Crippen LogP contribution in [0.5, 0.6) is 0 Å². The fourth-order valence-corrected chi connectivity index (χ4v) is 5.46. The maximum atomic E-state index is 14.2. The number of fused-ring (bicyclic) bond motifs is 1. The first-order valence-electron chi connectivity index (χ1n) is 15.4. The van der Waals surface area contributed by atoms with Crippen LogP contribution in [-0.4, -0.2) is 63.4 Å². The molecule has 1 aliphatic heterocycles. The van der Waals surface area contributed by atoms with E-state index in [2.05, 4.69) is 22.5 Å². The van der Waals surface area contributed by atoms with Crippen molar-refractivity contribution < 1.29 is 19.1 Å². The number of aromatic nitrogens is 2. The van der Waals surface area contributed by atoms with E-state index in [-0.39, 0.29) is 24.9 Å². The van der Waals surface area contributed by atoms with Gasteiger partial charge in [-0.05, 0) is 54.5 Å². The molecule has 4 N–H and O–H groups in total. The molecule has 5 rings (SSSR count). The van der Waals surface area contributed by atoms with E-state index in [9.17, 15) is 14.4 Å². The zero-order valence-corrected chi connectivity index (χ0v) is 26.1. The Balaban J connectivity index is 1.38. The van der Waals surface area contributed by atoms with Crippen molar-refractivity contribution in [3.8, 4) is 0 Å². The van der Waals surface area contributed by atoms with E-state index in [4.69, 9.17) is 10.5 Å². The fraction of sp³-hybridized carbons (Fsp3) is 0.371. The Kier molecular flexibility index (Phi) is 9.95. The summed E-state index contributed by atoms with van der Waals surface area (Å²) < 4.78 is 7.56. The van der Waals surface area contributed by atoms with Crippen molar-refractivity contribution in [3.05, 3.63) is 96.4 Å². The Morgan fingerprint density at radius 3 is 2.42 bits per heavy atom. The van der Waals surface area contributed by atoms with E-state index in [1.807, 2.05) is 77.7 Å². The topological polar surface area (TPSA) is 132 Å². The molecule has 1 aliphatic rings. The summed E-state index contributed by atoms with van der Waals surface area (Å²) in [6, 6.07) is 21.8. The molecule has 2 unspecified atom stereocenters.